The quantitative estimate of drug-likeness (QED) is 0.920. The largest absolute Gasteiger partial charge is 0.321 e. The average Bonchev–Trinajstić information content (AvgIpc) is 2.62. The fourth-order valence-corrected chi connectivity index (χ4v) is 2.37. The first kappa shape index (κ1) is 13.4. The van der Waals surface area contributed by atoms with Gasteiger partial charge in [-0.1, -0.05) is 11.3 Å². The van der Waals surface area contributed by atoms with E-state index in [0.717, 1.165) is 23.5 Å². The number of hydrogen-bond acceptors (Lipinski definition) is 3. The second kappa shape index (κ2) is 4.93. The number of rotatable bonds is 2. The lowest BCUT2D eigenvalue weighted by Gasteiger charge is -2.05. The highest BCUT2D eigenvalue weighted by molar-refractivity contribution is 7.11. The van der Waals surface area contributed by atoms with Gasteiger partial charge >= 0.3 is 4.87 Å². The third kappa shape index (κ3) is 2.55. The molecule has 2 rings (SSSR count). The Labute approximate surface area is 111 Å². The molecular formula is C12H10F2N2O2S. The monoisotopic (exact) mass is 284 g/mol. The van der Waals surface area contributed by atoms with E-state index in [9.17, 15) is 18.4 Å². The molecule has 1 heterocycles. The maximum absolute atomic E-state index is 13.0. The van der Waals surface area contributed by atoms with Crippen LogP contribution in [0.15, 0.2) is 23.0 Å². The molecule has 0 saturated carbocycles. The van der Waals surface area contributed by atoms with Crippen LogP contribution in [0, 0.1) is 18.6 Å². The Kier molecular flexibility index (Phi) is 3.48. The molecule has 0 aliphatic heterocycles. The molecule has 0 radical (unpaired) electrons. The molecule has 0 unspecified atom stereocenters. The Morgan fingerprint density at radius 1 is 1.32 bits per heavy atom. The standard InChI is InChI=1S/C12H10F2N2O2S/c1-6-10(19-12(18)16(6)2)11(17)15-7-3-4-8(13)9(14)5-7/h3-5H,1-2H3,(H,15,17). The van der Waals surface area contributed by atoms with E-state index in [4.69, 9.17) is 0 Å². The lowest BCUT2D eigenvalue weighted by molar-refractivity contribution is 0.102. The van der Waals surface area contributed by atoms with Gasteiger partial charge in [0.25, 0.3) is 5.91 Å². The van der Waals surface area contributed by atoms with Gasteiger partial charge in [-0.3, -0.25) is 9.59 Å². The second-order valence-corrected chi connectivity index (χ2v) is 4.89. The van der Waals surface area contributed by atoms with Crippen LogP contribution in [0.3, 0.4) is 0 Å². The zero-order chi connectivity index (χ0) is 14.2. The van der Waals surface area contributed by atoms with Gasteiger partial charge in [0.05, 0.1) is 0 Å². The zero-order valence-corrected chi connectivity index (χ0v) is 11.0. The molecule has 0 fully saturated rings. The van der Waals surface area contributed by atoms with Crippen molar-refractivity contribution in [2.24, 2.45) is 7.05 Å². The molecule has 4 nitrogen and oxygen atoms in total. The minimum absolute atomic E-state index is 0.131. The molecule has 7 heteroatoms. The van der Waals surface area contributed by atoms with E-state index in [0.29, 0.717) is 5.69 Å². The Morgan fingerprint density at radius 3 is 2.53 bits per heavy atom. The molecule has 0 saturated heterocycles. The van der Waals surface area contributed by atoms with Crippen molar-refractivity contribution in [1.29, 1.82) is 0 Å². The third-order valence-corrected chi connectivity index (χ3v) is 3.81. The van der Waals surface area contributed by atoms with E-state index in [2.05, 4.69) is 5.32 Å². The second-order valence-electron chi connectivity index (χ2n) is 3.92. The van der Waals surface area contributed by atoms with Crippen molar-refractivity contribution >= 4 is 22.9 Å². The van der Waals surface area contributed by atoms with Gasteiger partial charge in [-0.25, -0.2) is 8.78 Å². The van der Waals surface area contributed by atoms with Gasteiger partial charge in [0.1, 0.15) is 4.88 Å². The van der Waals surface area contributed by atoms with Crippen LogP contribution in [0.2, 0.25) is 0 Å². The molecule has 19 heavy (non-hydrogen) atoms. The number of halogens is 2. The summed E-state index contributed by atoms with van der Waals surface area (Å²) in [6, 6.07) is 3.05. The van der Waals surface area contributed by atoms with Crippen LogP contribution in [-0.2, 0) is 7.05 Å². The Morgan fingerprint density at radius 2 is 2.00 bits per heavy atom. The summed E-state index contributed by atoms with van der Waals surface area (Å²) in [5.41, 5.74) is 0.655. The number of nitrogens with one attached hydrogen (secondary N) is 1. The minimum Gasteiger partial charge on any atom is -0.321 e. The zero-order valence-electron chi connectivity index (χ0n) is 10.2. The van der Waals surface area contributed by atoms with Crippen molar-refractivity contribution in [1.82, 2.24) is 4.57 Å². The predicted octanol–water partition coefficient (Wildman–Crippen LogP) is 2.29. The number of hydrogen-bond donors (Lipinski definition) is 1. The molecule has 0 atom stereocenters. The van der Waals surface area contributed by atoms with Crippen molar-refractivity contribution in [3.05, 3.63) is 50.1 Å². The summed E-state index contributed by atoms with van der Waals surface area (Å²) in [5.74, 6) is -2.56. The molecule has 0 bridgehead atoms. The van der Waals surface area contributed by atoms with E-state index >= 15 is 0 Å². The van der Waals surface area contributed by atoms with Crippen molar-refractivity contribution in [2.45, 2.75) is 6.92 Å². The smallest absolute Gasteiger partial charge is 0.307 e. The summed E-state index contributed by atoms with van der Waals surface area (Å²) in [6.07, 6.45) is 0. The van der Waals surface area contributed by atoms with Crippen LogP contribution in [0.1, 0.15) is 15.4 Å². The number of thiazole rings is 1. The highest BCUT2D eigenvalue weighted by atomic mass is 32.1. The molecular weight excluding hydrogens is 274 g/mol. The first-order valence-corrected chi connectivity index (χ1v) is 6.14. The SMILES string of the molecule is Cc1c(C(=O)Nc2ccc(F)c(F)c2)sc(=O)n1C. The van der Waals surface area contributed by atoms with Gasteiger partial charge in [-0.2, -0.15) is 0 Å². The molecule has 1 aromatic carbocycles. The van der Waals surface area contributed by atoms with Crippen molar-refractivity contribution in [3.8, 4) is 0 Å². The number of carbonyl (C=O) groups excluding carboxylic acids is 1. The van der Waals surface area contributed by atoms with Gasteiger partial charge in [0.15, 0.2) is 11.6 Å². The molecule has 100 valence electrons. The maximum atomic E-state index is 13.0. The lowest BCUT2D eigenvalue weighted by atomic mass is 10.3. The predicted molar refractivity (Wildman–Crippen MR) is 68.6 cm³/mol. The molecule has 0 aliphatic rings. The first-order valence-electron chi connectivity index (χ1n) is 5.33. The minimum atomic E-state index is -1.05. The number of amides is 1. The summed E-state index contributed by atoms with van der Waals surface area (Å²) in [5, 5.41) is 2.42. The normalized spacial score (nSPS) is 10.5. The summed E-state index contributed by atoms with van der Waals surface area (Å²) < 4.78 is 27.1. The molecule has 2 aromatic rings. The fraction of sp³-hybridized carbons (Fsp3) is 0.167. The van der Waals surface area contributed by atoms with Gasteiger partial charge in [-0.15, -0.1) is 0 Å². The maximum Gasteiger partial charge on any atom is 0.307 e. The van der Waals surface area contributed by atoms with Crippen molar-refractivity contribution < 1.29 is 13.6 Å². The number of carbonyl (C=O) groups is 1. The average molecular weight is 284 g/mol. The highest BCUT2D eigenvalue weighted by Gasteiger charge is 2.16. The van der Waals surface area contributed by atoms with E-state index in [1.165, 1.54) is 10.6 Å². The molecule has 0 spiro atoms. The topological polar surface area (TPSA) is 51.1 Å². The first-order chi connectivity index (χ1) is 8.90. The summed E-state index contributed by atoms with van der Waals surface area (Å²) in [6.45, 7) is 1.64. The van der Waals surface area contributed by atoms with Gasteiger partial charge < -0.3 is 9.88 Å². The lowest BCUT2D eigenvalue weighted by Crippen LogP contribution is -2.13. The van der Waals surface area contributed by atoms with E-state index in [-0.39, 0.29) is 15.4 Å². The summed E-state index contributed by atoms with van der Waals surface area (Å²) in [7, 11) is 1.56. The van der Waals surface area contributed by atoms with Crippen LogP contribution in [0.25, 0.3) is 0 Å². The number of benzene rings is 1. The van der Waals surface area contributed by atoms with Crippen molar-refractivity contribution in [2.75, 3.05) is 5.32 Å². The van der Waals surface area contributed by atoms with E-state index in [1.54, 1.807) is 14.0 Å². The molecule has 1 N–H and O–H groups in total. The van der Waals surface area contributed by atoms with Crippen LogP contribution in [0.4, 0.5) is 14.5 Å². The molecule has 1 amide bonds. The van der Waals surface area contributed by atoms with Crippen LogP contribution in [0.5, 0.6) is 0 Å². The number of nitrogens with zero attached hydrogens (tertiary/aromatic N) is 1. The third-order valence-electron chi connectivity index (χ3n) is 2.68. The molecule has 1 aromatic heterocycles. The van der Waals surface area contributed by atoms with Crippen molar-refractivity contribution in [3.63, 3.8) is 0 Å². The highest BCUT2D eigenvalue weighted by Crippen LogP contribution is 2.16. The Hall–Kier alpha value is -2.02. The summed E-state index contributed by atoms with van der Waals surface area (Å²) in [4.78, 5) is 23.3. The van der Waals surface area contributed by atoms with Gasteiger partial charge in [0, 0.05) is 24.5 Å². The summed E-state index contributed by atoms with van der Waals surface area (Å²) >= 11 is 0.803. The van der Waals surface area contributed by atoms with Gasteiger partial charge in [-0.05, 0) is 19.1 Å². The van der Waals surface area contributed by atoms with E-state index < -0.39 is 17.5 Å². The Balaban J connectivity index is 2.28. The molecule has 0 aliphatic carbocycles. The van der Waals surface area contributed by atoms with Crippen LogP contribution >= 0.6 is 11.3 Å². The number of anilines is 1. The number of aromatic nitrogens is 1. The van der Waals surface area contributed by atoms with E-state index in [1.807, 2.05) is 0 Å². The van der Waals surface area contributed by atoms with Crippen LogP contribution in [-0.4, -0.2) is 10.5 Å². The Bertz CT molecular complexity index is 706. The fourth-order valence-electron chi connectivity index (χ4n) is 1.49. The van der Waals surface area contributed by atoms with Gasteiger partial charge in [0.2, 0.25) is 0 Å². The van der Waals surface area contributed by atoms with Crippen LogP contribution < -0.4 is 10.2 Å².